The van der Waals surface area contributed by atoms with E-state index < -0.39 is 5.60 Å². The zero-order valence-electron chi connectivity index (χ0n) is 21.2. The number of amides is 1. The maximum Gasteiger partial charge on any atom is 0.410 e. The number of nitrogens with zero attached hydrogens (tertiary/aromatic N) is 5. The van der Waals surface area contributed by atoms with Crippen molar-refractivity contribution >= 4 is 34.2 Å². The number of fused-ring (bicyclic) bond motifs is 1. The van der Waals surface area contributed by atoms with Crippen molar-refractivity contribution in [2.24, 2.45) is 0 Å². The van der Waals surface area contributed by atoms with Crippen molar-refractivity contribution < 1.29 is 14.3 Å². The number of pyridine rings is 1. The summed E-state index contributed by atoms with van der Waals surface area (Å²) in [5.74, 6) is 1.94. The molecule has 0 radical (unpaired) electrons. The Balaban J connectivity index is 1.28. The van der Waals surface area contributed by atoms with Gasteiger partial charge in [-0.05, 0) is 57.2 Å². The molecule has 1 saturated heterocycles. The molecule has 0 atom stereocenters. The number of ether oxygens (including phenoxy) is 2. The minimum atomic E-state index is -0.499. The van der Waals surface area contributed by atoms with Crippen molar-refractivity contribution in [2.45, 2.75) is 26.4 Å². The van der Waals surface area contributed by atoms with Crippen molar-refractivity contribution in [3.8, 4) is 11.6 Å². The van der Waals surface area contributed by atoms with E-state index in [1.165, 1.54) is 0 Å². The van der Waals surface area contributed by atoms with Gasteiger partial charge in [0.05, 0.1) is 17.4 Å². The third-order valence-electron chi connectivity index (χ3n) is 5.88. The van der Waals surface area contributed by atoms with Gasteiger partial charge in [-0.25, -0.2) is 19.7 Å². The topological polar surface area (TPSA) is 92.7 Å². The van der Waals surface area contributed by atoms with Crippen LogP contribution >= 0.6 is 0 Å². The number of nitrogens with one attached hydrogen (secondary N) is 1. The first kappa shape index (κ1) is 24.3. The molecule has 3 heterocycles. The third kappa shape index (κ3) is 6.06. The van der Waals surface area contributed by atoms with Crippen LogP contribution in [-0.4, -0.2) is 57.7 Å². The van der Waals surface area contributed by atoms with Gasteiger partial charge in [0, 0.05) is 43.3 Å². The molecule has 0 aliphatic carbocycles. The van der Waals surface area contributed by atoms with Gasteiger partial charge in [-0.15, -0.1) is 0 Å². The number of piperazine rings is 1. The van der Waals surface area contributed by atoms with Crippen molar-refractivity contribution in [3.63, 3.8) is 0 Å². The average Bonchev–Trinajstić information content (AvgIpc) is 2.89. The van der Waals surface area contributed by atoms with Gasteiger partial charge in [-0.2, -0.15) is 0 Å². The molecule has 2 aromatic heterocycles. The monoisotopic (exact) mass is 498 g/mol. The maximum atomic E-state index is 12.4. The molecule has 0 unspecified atom stereocenters. The van der Waals surface area contributed by atoms with Crippen molar-refractivity contribution in [2.75, 3.05) is 36.4 Å². The summed E-state index contributed by atoms with van der Waals surface area (Å²) < 4.78 is 11.3. The molecule has 190 valence electrons. The highest BCUT2D eigenvalue weighted by Crippen LogP contribution is 2.29. The highest BCUT2D eigenvalue weighted by Gasteiger charge is 2.26. The van der Waals surface area contributed by atoms with E-state index in [9.17, 15) is 4.79 Å². The van der Waals surface area contributed by atoms with E-state index >= 15 is 0 Å². The molecule has 1 aliphatic heterocycles. The molecule has 0 spiro atoms. The molecular weight excluding hydrogens is 468 g/mol. The summed E-state index contributed by atoms with van der Waals surface area (Å²) in [6.45, 7) is 8.29. The Labute approximate surface area is 216 Å². The summed E-state index contributed by atoms with van der Waals surface area (Å²) in [4.78, 5) is 29.7. The van der Waals surface area contributed by atoms with Gasteiger partial charge < -0.3 is 24.6 Å². The van der Waals surface area contributed by atoms with Crippen LogP contribution in [0.1, 0.15) is 20.8 Å². The lowest BCUT2D eigenvalue weighted by Gasteiger charge is -2.36. The van der Waals surface area contributed by atoms with Gasteiger partial charge in [-0.3, -0.25) is 0 Å². The lowest BCUT2D eigenvalue weighted by Crippen LogP contribution is -2.50. The second-order valence-corrected chi connectivity index (χ2v) is 9.80. The predicted molar refractivity (Wildman–Crippen MR) is 144 cm³/mol. The highest BCUT2D eigenvalue weighted by molar-refractivity contribution is 5.93. The molecule has 9 nitrogen and oxygen atoms in total. The summed E-state index contributed by atoms with van der Waals surface area (Å²) in [5, 5.41) is 4.26. The Bertz CT molecular complexity index is 1360. The standard InChI is InChI=1S/C28H30N6O3/c1-28(2,3)37-27(35)34-15-13-33(14-16-34)21-10-11-24-23(17-21)26(31-19-30-24)32-20-9-12-25(29-18-20)36-22-7-5-4-6-8-22/h4-12,17-19H,13-16H2,1-3H3,(H,30,31,32). The van der Waals surface area contributed by atoms with Crippen LogP contribution in [0.2, 0.25) is 0 Å². The van der Waals surface area contributed by atoms with Crippen LogP contribution < -0.4 is 15.0 Å². The van der Waals surface area contributed by atoms with Crippen LogP contribution in [-0.2, 0) is 4.74 Å². The molecule has 0 bridgehead atoms. The van der Waals surface area contributed by atoms with Gasteiger partial charge in [0.2, 0.25) is 5.88 Å². The molecule has 5 rings (SSSR count). The second-order valence-electron chi connectivity index (χ2n) is 9.80. The molecule has 37 heavy (non-hydrogen) atoms. The summed E-state index contributed by atoms with van der Waals surface area (Å²) in [6.07, 6.45) is 3.00. The van der Waals surface area contributed by atoms with Crippen LogP contribution in [0.5, 0.6) is 11.6 Å². The van der Waals surface area contributed by atoms with Crippen LogP contribution in [0.3, 0.4) is 0 Å². The fraction of sp³-hybridized carbons (Fsp3) is 0.286. The zero-order valence-corrected chi connectivity index (χ0v) is 21.2. The molecule has 0 saturated carbocycles. The van der Waals surface area contributed by atoms with Crippen molar-refractivity contribution in [1.82, 2.24) is 19.9 Å². The minimum Gasteiger partial charge on any atom is -0.444 e. The average molecular weight is 499 g/mol. The Kier molecular flexibility index (Phi) is 6.76. The lowest BCUT2D eigenvalue weighted by atomic mass is 10.1. The van der Waals surface area contributed by atoms with E-state index in [0.717, 1.165) is 28.0 Å². The van der Waals surface area contributed by atoms with Crippen LogP contribution in [0.4, 0.5) is 22.0 Å². The Morgan fingerprint density at radius 1 is 0.919 bits per heavy atom. The van der Waals surface area contributed by atoms with E-state index in [2.05, 4.69) is 37.3 Å². The molecule has 1 N–H and O–H groups in total. The Morgan fingerprint density at radius 2 is 1.70 bits per heavy atom. The first-order chi connectivity index (χ1) is 17.8. The van der Waals surface area contributed by atoms with E-state index in [1.807, 2.05) is 69.3 Å². The van der Waals surface area contributed by atoms with Gasteiger partial charge in [0.25, 0.3) is 0 Å². The fourth-order valence-electron chi connectivity index (χ4n) is 4.08. The number of benzene rings is 2. The van der Waals surface area contributed by atoms with Gasteiger partial charge >= 0.3 is 6.09 Å². The summed E-state index contributed by atoms with van der Waals surface area (Å²) in [5.41, 5.74) is 2.18. The highest BCUT2D eigenvalue weighted by atomic mass is 16.6. The number of hydrogen-bond donors (Lipinski definition) is 1. The smallest absolute Gasteiger partial charge is 0.410 e. The number of carbonyl (C=O) groups is 1. The molecule has 4 aromatic rings. The Hall–Kier alpha value is -4.40. The normalized spacial score (nSPS) is 13.9. The summed E-state index contributed by atoms with van der Waals surface area (Å²) in [6, 6.07) is 19.4. The van der Waals surface area contributed by atoms with Gasteiger partial charge in [0.15, 0.2) is 0 Å². The second kappa shape index (κ2) is 10.3. The van der Waals surface area contributed by atoms with Gasteiger partial charge in [-0.1, -0.05) is 18.2 Å². The van der Waals surface area contributed by atoms with Crippen LogP contribution in [0, 0.1) is 0 Å². The number of carbonyl (C=O) groups excluding carboxylic acids is 1. The van der Waals surface area contributed by atoms with Crippen molar-refractivity contribution in [3.05, 3.63) is 73.2 Å². The number of rotatable bonds is 5. The molecule has 1 fully saturated rings. The van der Waals surface area contributed by atoms with Crippen molar-refractivity contribution in [1.29, 1.82) is 0 Å². The number of para-hydroxylation sites is 1. The SMILES string of the molecule is CC(C)(C)OC(=O)N1CCN(c2ccc3ncnc(Nc4ccc(Oc5ccccc5)nc4)c3c2)CC1. The first-order valence-corrected chi connectivity index (χ1v) is 12.3. The van der Waals surface area contributed by atoms with E-state index in [0.29, 0.717) is 37.9 Å². The molecule has 9 heteroatoms. The largest absolute Gasteiger partial charge is 0.444 e. The first-order valence-electron chi connectivity index (χ1n) is 12.3. The predicted octanol–water partition coefficient (Wildman–Crippen LogP) is 5.62. The maximum absolute atomic E-state index is 12.4. The minimum absolute atomic E-state index is 0.264. The number of hydrogen-bond acceptors (Lipinski definition) is 8. The van der Waals surface area contributed by atoms with E-state index in [1.54, 1.807) is 17.4 Å². The third-order valence-corrected chi connectivity index (χ3v) is 5.88. The quantitative estimate of drug-likeness (QED) is 0.379. The number of anilines is 3. The van der Waals surface area contributed by atoms with Crippen LogP contribution in [0.25, 0.3) is 10.9 Å². The zero-order chi connectivity index (χ0) is 25.8. The lowest BCUT2D eigenvalue weighted by molar-refractivity contribution is 0.0240. The summed E-state index contributed by atoms with van der Waals surface area (Å²) in [7, 11) is 0. The molecule has 1 aliphatic rings. The van der Waals surface area contributed by atoms with E-state index in [-0.39, 0.29) is 6.09 Å². The number of aromatic nitrogens is 3. The Morgan fingerprint density at radius 3 is 2.41 bits per heavy atom. The molecule has 1 amide bonds. The van der Waals surface area contributed by atoms with Crippen LogP contribution in [0.15, 0.2) is 73.2 Å². The molecular formula is C28H30N6O3. The molecule has 2 aromatic carbocycles. The summed E-state index contributed by atoms with van der Waals surface area (Å²) >= 11 is 0. The fourth-order valence-corrected chi connectivity index (χ4v) is 4.08. The van der Waals surface area contributed by atoms with Gasteiger partial charge in [0.1, 0.15) is 23.5 Å². The van der Waals surface area contributed by atoms with E-state index in [4.69, 9.17) is 9.47 Å².